The van der Waals surface area contributed by atoms with Gasteiger partial charge in [0, 0.05) is 18.0 Å². The molecule has 4 heteroatoms. The number of thioether (sulfide) groups is 1. The number of halogens is 1. The van der Waals surface area contributed by atoms with E-state index in [0.29, 0.717) is 0 Å². The van der Waals surface area contributed by atoms with Crippen molar-refractivity contribution in [3.05, 3.63) is 28.8 Å². The van der Waals surface area contributed by atoms with Crippen LogP contribution in [0, 0.1) is 0 Å². The number of unbranched alkanes of at least 4 members (excludes halogenated alkanes) is 2. The molecule has 0 aliphatic carbocycles. The summed E-state index contributed by atoms with van der Waals surface area (Å²) < 4.78 is 5.88. The first-order chi connectivity index (χ1) is 9.29. The van der Waals surface area contributed by atoms with Crippen molar-refractivity contribution in [3.63, 3.8) is 0 Å². The van der Waals surface area contributed by atoms with Crippen LogP contribution in [0.5, 0.6) is 5.75 Å². The van der Waals surface area contributed by atoms with Crippen LogP contribution in [-0.2, 0) is 6.42 Å². The summed E-state index contributed by atoms with van der Waals surface area (Å²) in [5.41, 5.74) is 1.24. The molecule has 0 fully saturated rings. The van der Waals surface area contributed by atoms with E-state index in [1.54, 1.807) is 0 Å². The van der Waals surface area contributed by atoms with Crippen molar-refractivity contribution in [1.82, 2.24) is 5.32 Å². The van der Waals surface area contributed by atoms with E-state index in [-0.39, 0.29) is 6.10 Å². The third-order valence-corrected chi connectivity index (χ3v) is 4.27. The van der Waals surface area contributed by atoms with Crippen LogP contribution in [0.4, 0.5) is 0 Å². The Morgan fingerprint density at radius 2 is 2.26 bits per heavy atom. The lowest BCUT2D eigenvalue weighted by Crippen LogP contribution is -2.30. The van der Waals surface area contributed by atoms with Crippen molar-refractivity contribution in [3.8, 4) is 5.75 Å². The van der Waals surface area contributed by atoms with Gasteiger partial charge in [0.05, 0.1) is 0 Å². The molecule has 2 nitrogen and oxygen atoms in total. The van der Waals surface area contributed by atoms with Gasteiger partial charge in [0.1, 0.15) is 11.9 Å². The predicted octanol–water partition coefficient (Wildman–Crippen LogP) is 3.77. The summed E-state index contributed by atoms with van der Waals surface area (Å²) in [7, 11) is 0. The number of fused-ring (bicyclic) bond motifs is 1. The summed E-state index contributed by atoms with van der Waals surface area (Å²) in [5.74, 6) is 2.28. The van der Waals surface area contributed by atoms with Crippen LogP contribution < -0.4 is 10.1 Å². The van der Waals surface area contributed by atoms with E-state index in [1.807, 2.05) is 30.0 Å². The van der Waals surface area contributed by atoms with Crippen LogP contribution >= 0.6 is 23.4 Å². The molecule has 1 aliphatic rings. The Bertz CT molecular complexity index is 400. The van der Waals surface area contributed by atoms with Gasteiger partial charge in [-0.25, -0.2) is 0 Å². The van der Waals surface area contributed by atoms with E-state index in [2.05, 4.69) is 11.6 Å². The van der Waals surface area contributed by atoms with Crippen molar-refractivity contribution < 1.29 is 4.74 Å². The lowest BCUT2D eigenvalue weighted by Gasteiger charge is -2.11. The predicted molar refractivity (Wildman–Crippen MR) is 84.7 cm³/mol. The first-order valence-electron chi connectivity index (χ1n) is 6.94. The van der Waals surface area contributed by atoms with E-state index in [9.17, 15) is 0 Å². The molecule has 1 N–H and O–H groups in total. The van der Waals surface area contributed by atoms with Crippen LogP contribution in [0.25, 0.3) is 0 Å². The smallest absolute Gasteiger partial charge is 0.123 e. The normalized spacial score (nSPS) is 17.3. The van der Waals surface area contributed by atoms with E-state index in [0.717, 1.165) is 30.3 Å². The maximum atomic E-state index is 5.99. The van der Waals surface area contributed by atoms with Crippen molar-refractivity contribution >= 4 is 23.4 Å². The van der Waals surface area contributed by atoms with Crippen LogP contribution in [-0.4, -0.2) is 31.2 Å². The number of hydrogen-bond donors (Lipinski definition) is 1. The fourth-order valence-electron chi connectivity index (χ4n) is 2.34. The zero-order valence-corrected chi connectivity index (χ0v) is 13.0. The molecular formula is C15H22ClNOS. The van der Waals surface area contributed by atoms with Crippen molar-refractivity contribution in [2.45, 2.75) is 31.8 Å². The molecular weight excluding hydrogens is 278 g/mol. The van der Waals surface area contributed by atoms with Crippen LogP contribution in [0.2, 0.25) is 5.02 Å². The minimum absolute atomic E-state index is 0.264. The van der Waals surface area contributed by atoms with E-state index in [1.165, 1.54) is 30.6 Å². The Balaban J connectivity index is 1.59. The highest BCUT2D eigenvalue weighted by atomic mass is 35.5. The number of benzene rings is 1. The topological polar surface area (TPSA) is 21.3 Å². The number of ether oxygens (including phenoxy) is 1. The summed E-state index contributed by atoms with van der Waals surface area (Å²) in [6.45, 7) is 2.01. The van der Waals surface area contributed by atoms with Gasteiger partial charge in [-0.15, -0.1) is 0 Å². The number of nitrogens with one attached hydrogen (secondary N) is 1. The van der Waals surface area contributed by atoms with Crippen LogP contribution in [0.15, 0.2) is 18.2 Å². The van der Waals surface area contributed by atoms with Gasteiger partial charge in [-0.3, -0.25) is 0 Å². The maximum absolute atomic E-state index is 5.99. The molecule has 0 aromatic heterocycles. The lowest BCUT2D eigenvalue weighted by atomic mass is 10.1. The van der Waals surface area contributed by atoms with Crippen molar-refractivity contribution in [2.24, 2.45) is 0 Å². The lowest BCUT2D eigenvalue weighted by molar-refractivity contribution is 0.227. The third kappa shape index (κ3) is 4.90. The van der Waals surface area contributed by atoms with Gasteiger partial charge in [0.15, 0.2) is 0 Å². The second-order valence-electron chi connectivity index (χ2n) is 4.95. The Labute approximate surface area is 125 Å². The highest BCUT2D eigenvalue weighted by Crippen LogP contribution is 2.30. The standard InChI is InChI=1S/C15H22ClNOS/c1-19-8-4-2-3-7-17-11-14-10-12-9-13(16)5-6-15(12)18-14/h5-6,9,14,17H,2-4,7-8,10-11H2,1H3. The molecule has 0 spiro atoms. The molecule has 106 valence electrons. The molecule has 0 radical (unpaired) electrons. The number of rotatable bonds is 8. The van der Waals surface area contributed by atoms with E-state index < -0.39 is 0 Å². The fourth-order valence-corrected chi connectivity index (χ4v) is 3.03. The highest BCUT2D eigenvalue weighted by Gasteiger charge is 2.22. The minimum atomic E-state index is 0.264. The summed E-state index contributed by atoms with van der Waals surface area (Å²) in [5, 5.41) is 4.28. The molecule has 1 aromatic carbocycles. The van der Waals surface area contributed by atoms with Crippen molar-refractivity contribution in [1.29, 1.82) is 0 Å². The Kier molecular flexibility index (Phi) is 6.35. The average molecular weight is 300 g/mol. The Morgan fingerprint density at radius 1 is 1.37 bits per heavy atom. The molecule has 0 saturated carbocycles. The molecule has 0 bridgehead atoms. The monoisotopic (exact) mass is 299 g/mol. The van der Waals surface area contributed by atoms with Gasteiger partial charge >= 0.3 is 0 Å². The second-order valence-corrected chi connectivity index (χ2v) is 6.38. The quantitative estimate of drug-likeness (QED) is 0.738. The summed E-state index contributed by atoms with van der Waals surface area (Å²) in [6.07, 6.45) is 7.29. The van der Waals surface area contributed by atoms with Gasteiger partial charge in [0.2, 0.25) is 0 Å². The minimum Gasteiger partial charge on any atom is -0.488 e. The summed E-state index contributed by atoms with van der Waals surface area (Å²) in [6, 6.07) is 5.88. The molecule has 1 atom stereocenters. The first kappa shape index (κ1) is 15.0. The molecule has 0 amide bonds. The fraction of sp³-hybridized carbons (Fsp3) is 0.600. The van der Waals surface area contributed by atoms with Crippen molar-refractivity contribution in [2.75, 3.05) is 25.1 Å². The van der Waals surface area contributed by atoms with Gasteiger partial charge in [0.25, 0.3) is 0 Å². The van der Waals surface area contributed by atoms with E-state index in [4.69, 9.17) is 16.3 Å². The maximum Gasteiger partial charge on any atom is 0.123 e. The molecule has 0 saturated heterocycles. The van der Waals surface area contributed by atoms with Gasteiger partial charge in [-0.2, -0.15) is 11.8 Å². The summed E-state index contributed by atoms with van der Waals surface area (Å²) >= 11 is 7.91. The molecule has 1 heterocycles. The van der Waals surface area contributed by atoms with Gasteiger partial charge in [-0.1, -0.05) is 18.0 Å². The second kappa shape index (κ2) is 8.03. The third-order valence-electron chi connectivity index (χ3n) is 3.34. The number of hydrogen-bond acceptors (Lipinski definition) is 3. The first-order valence-corrected chi connectivity index (χ1v) is 8.71. The van der Waals surface area contributed by atoms with E-state index >= 15 is 0 Å². The highest BCUT2D eigenvalue weighted by molar-refractivity contribution is 7.98. The molecule has 1 unspecified atom stereocenters. The van der Waals surface area contributed by atoms with Gasteiger partial charge < -0.3 is 10.1 Å². The largest absolute Gasteiger partial charge is 0.488 e. The van der Waals surface area contributed by atoms with Crippen LogP contribution in [0.3, 0.4) is 0 Å². The Hall–Kier alpha value is -0.380. The van der Waals surface area contributed by atoms with Crippen LogP contribution in [0.1, 0.15) is 24.8 Å². The van der Waals surface area contributed by atoms with Gasteiger partial charge in [-0.05, 0) is 55.2 Å². The molecule has 2 rings (SSSR count). The zero-order chi connectivity index (χ0) is 13.5. The average Bonchev–Trinajstić information content (AvgIpc) is 2.79. The zero-order valence-electron chi connectivity index (χ0n) is 11.5. The SMILES string of the molecule is CSCCCCCNCC1Cc2cc(Cl)ccc2O1. The Morgan fingerprint density at radius 3 is 3.11 bits per heavy atom. The molecule has 1 aliphatic heterocycles. The molecule has 1 aromatic rings. The molecule has 19 heavy (non-hydrogen) atoms. The summed E-state index contributed by atoms with van der Waals surface area (Å²) in [4.78, 5) is 0.